The minimum atomic E-state index is -0.336. The zero-order chi connectivity index (χ0) is 19.4. The van der Waals surface area contributed by atoms with Gasteiger partial charge in [0.25, 0.3) is 0 Å². The van der Waals surface area contributed by atoms with Crippen LogP contribution in [0.1, 0.15) is 6.92 Å². The zero-order valence-electron chi connectivity index (χ0n) is 14.4. The van der Waals surface area contributed by atoms with Gasteiger partial charge >= 0.3 is 5.97 Å². The van der Waals surface area contributed by atoms with Crippen molar-refractivity contribution in [3.63, 3.8) is 0 Å². The molecule has 0 heterocycles. The molecule has 6 heteroatoms. The van der Waals surface area contributed by atoms with Crippen LogP contribution in [-0.4, -0.2) is 10.8 Å². The van der Waals surface area contributed by atoms with Gasteiger partial charge in [-0.3, -0.25) is 4.79 Å². The van der Waals surface area contributed by atoms with E-state index < -0.39 is 0 Å². The summed E-state index contributed by atoms with van der Waals surface area (Å²) >= 11 is 10.2. The van der Waals surface area contributed by atoms with Crippen LogP contribution in [0.2, 0.25) is 0 Å². The highest BCUT2D eigenvalue weighted by molar-refractivity contribution is 9.10. The van der Waals surface area contributed by atoms with Crippen molar-refractivity contribution in [2.45, 2.75) is 26.4 Å². The van der Waals surface area contributed by atoms with Crippen LogP contribution in [0.3, 0.4) is 0 Å². The highest BCUT2D eigenvalue weighted by Gasteiger charge is 2.28. The quantitative estimate of drug-likeness (QED) is 0.143. The van der Waals surface area contributed by atoms with Gasteiger partial charge in [-0.15, -0.1) is 0 Å². The van der Waals surface area contributed by atoms with Gasteiger partial charge in [-0.25, -0.2) is 0 Å². The van der Waals surface area contributed by atoms with Gasteiger partial charge in [0.2, 0.25) is 0 Å². The summed E-state index contributed by atoms with van der Waals surface area (Å²) in [5.41, 5.74) is 0. The number of carbonyl (C=O) groups excluding carboxylic acids is 1. The Bertz CT molecular complexity index is 862. The molecule has 138 valence electrons. The average Bonchev–Trinajstić information content (AvgIpc) is 2.66. The standard InChI is InChI=1S/C21H16Br3O2S/c1-14(22)21(25)26-17-6-12-20(13-7-17)27(18-8-2-15(23)3-9-18)19-10-4-16(24)5-11-19/h2-14H,1H3/q+1. The van der Waals surface area contributed by atoms with Crippen LogP contribution in [0, 0.1) is 0 Å². The van der Waals surface area contributed by atoms with Crippen molar-refractivity contribution < 1.29 is 9.53 Å². The van der Waals surface area contributed by atoms with Crippen LogP contribution < -0.4 is 4.74 Å². The minimum absolute atomic E-state index is 0.252. The molecule has 0 radical (unpaired) electrons. The molecule has 0 saturated heterocycles. The van der Waals surface area contributed by atoms with Crippen molar-refractivity contribution in [3.8, 4) is 5.75 Å². The number of benzene rings is 3. The Labute approximate surface area is 187 Å². The van der Waals surface area contributed by atoms with Crippen molar-refractivity contribution in [2.24, 2.45) is 0 Å². The maximum Gasteiger partial charge on any atom is 0.324 e. The van der Waals surface area contributed by atoms with Crippen LogP contribution >= 0.6 is 47.8 Å². The topological polar surface area (TPSA) is 26.3 Å². The summed E-state index contributed by atoms with van der Waals surface area (Å²) in [6, 6.07) is 24.5. The molecule has 0 aliphatic heterocycles. The first-order valence-electron chi connectivity index (χ1n) is 8.15. The number of carbonyl (C=O) groups is 1. The van der Waals surface area contributed by atoms with E-state index in [2.05, 4.69) is 96.3 Å². The van der Waals surface area contributed by atoms with Gasteiger partial charge in [0.15, 0.2) is 14.7 Å². The van der Waals surface area contributed by atoms with Crippen LogP contribution in [0.15, 0.2) is 96.4 Å². The first-order chi connectivity index (χ1) is 12.9. The molecular formula is C21H16Br3O2S+. The van der Waals surface area contributed by atoms with E-state index in [1.54, 1.807) is 6.92 Å². The van der Waals surface area contributed by atoms with Gasteiger partial charge in [-0.2, -0.15) is 0 Å². The molecule has 27 heavy (non-hydrogen) atoms. The Balaban J connectivity index is 1.96. The summed E-state index contributed by atoms with van der Waals surface area (Å²) in [5, 5.41) is 0. The summed E-state index contributed by atoms with van der Waals surface area (Å²) in [7, 11) is -0.252. The third kappa shape index (κ3) is 5.47. The second-order valence-electron chi connectivity index (χ2n) is 5.72. The molecule has 3 aromatic carbocycles. The number of halogens is 3. The lowest BCUT2D eigenvalue weighted by atomic mass is 10.3. The van der Waals surface area contributed by atoms with E-state index in [4.69, 9.17) is 4.74 Å². The highest BCUT2D eigenvalue weighted by atomic mass is 79.9. The fourth-order valence-corrected chi connectivity index (χ4v) is 5.05. The van der Waals surface area contributed by atoms with Crippen molar-refractivity contribution in [1.29, 1.82) is 0 Å². The minimum Gasteiger partial charge on any atom is -0.426 e. The van der Waals surface area contributed by atoms with E-state index in [-0.39, 0.29) is 21.7 Å². The molecule has 0 amide bonds. The van der Waals surface area contributed by atoms with Crippen LogP contribution in [0.4, 0.5) is 0 Å². The number of rotatable bonds is 5. The molecule has 3 rings (SSSR count). The van der Waals surface area contributed by atoms with Gasteiger partial charge in [0.05, 0.1) is 10.9 Å². The van der Waals surface area contributed by atoms with Gasteiger partial charge in [-0.05, 0) is 79.7 Å². The third-order valence-corrected chi connectivity index (χ3v) is 7.36. The molecule has 0 saturated carbocycles. The number of esters is 1. The first-order valence-corrected chi connectivity index (χ1v) is 11.9. The van der Waals surface area contributed by atoms with Crippen LogP contribution in [0.25, 0.3) is 0 Å². The Hall–Kier alpha value is -1.08. The smallest absolute Gasteiger partial charge is 0.324 e. The molecule has 0 N–H and O–H groups in total. The third-order valence-electron chi connectivity index (χ3n) is 3.70. The zero-order valence-corrected chi connectivity index (χ0v) is 19.9. The molecule has 1 unspecified atom stereocenters. The summed E-state index contributed by atoms with van der Waals surface area (Å²) in [4.78, 5) is 15.0. The SMILES string of the molecule is CC(Br)C(=O)Oc1ccc([S+](c2ccc(Br)cc2)c2ccc(Br)cc2)cc1. The van der Waals surface area contributed by atoms with Crippen molar-refractivity contribution in [1.82, 2.24) is 0 Å². The maximum atomic E-state index is 11.8. The molecule has 0 aromatic heterocycles. The lowest BCUT2D eigenvalue weighted by molar-refractivity contribution is -0.133. The lowest BCUT2D eigenvalue weighted by Gasteiger charge is -2.10. The molecule has 0 aliphatic carbocycles. The summed E-state index contributed by atoms with van der Waals surface area (Å²) in [6.45, 7) is 1.75. The molecule has 0 aliphatic rings. The van der Waals surface area contributed by atoms with Crippen molar-refractivity contribution in [3.05, 3.63) is 81.7 Å². The molecule has 0 bridgehead atoms. The molecular weight excluding hydrogens is 556 g/mol. The molecule has 1 atom stereocenters. The van der Waals surface area contributed by atoms with Crippen LogP contribution in [-0.2, 0) is 15.7 Å². The number of hydrogen-bond donors (Lipinski definition) is 0. The van der Waals surface area contributed by atoms with E-state index >= 15 is 0 Å². The fourth-order valence-electron chi connectivity index (χ4n) is 2.39. The van der Waals surface area contributed by atoms with E-state index in [0.717, 1.165) is 13.8 Å². The largest absolute Gasteiger partial charge is 0.426 e. The van der Waals surface area contributed by atoms with E-state index in [1.165, 1.54) is 9.79 Å². The summed E-state index contributed by atoms with van der Waals surface area (Å²) < 4.78 is 7.46. The normalized spacial score (nSPS) is 12.0. The second-order valence-corrected chi connectivity index (χ2v) is 11.0. The van der Waals surface area contributed by atoms with Crippen molar-refractivity contribution in [2.75, 3.05) is 0 Å². The molecule has 0 spiro atoms. The second kappa shape index (κ2) is 9.41. The summed E-state index contributed by atoms with van der Waals surface area (Å²) in [6.07, 6.45) is 0. The van der Waals surface area contributed by atoms with Crippen LogP contribution in [0.5, 0.6) is 5.75 Å². The van der Waals surface area contributed by atoms with Gasteiger partial charge in [0, 0.05) is 8.95 Å². The van der Waals surface area contributed by atoms with Crippen molar-refractivity contribution >= 4 is 64.7 Å². The fraction of sp³-hybridized carbons (Fsp3) is 0.0952. The Morgan fingerprint density at radius 2 is 1.15 bits per heavy atom. The highest BCUT2D eigenvalue weighted by Crippen LogP contribution is 2.33. The van der Waals surface area contributed by atoms with E-state index in [1.807, 2.05) is 24.3 Å². The first kappa shape index (κ1) is 20.6. The molecule has 2 nitrogen and oxygen atoms in total. The maximum absolute atomic E-state index is 11.8. The van der Waals surface area contributed by atoms with E-state index in [9.17, 15) is 4.79 Å². The van der Waals surface area contributed by atoms with Gasteiger partial charge in [0.1, 0.15) is 10.6 Å². The average molecular weight is 572 g/mol. The van der Waals surface area contributed by atoms with E-state index in [0.29, 0.717) is 5.75 Å². The Morgan fingerprint density at radius 1 is 0.778 bits per heavy atom. The van der Waals surface area contributed by atoms with Gasteiger partial charge in [-0.1, -0.05) is 47.8 Å². The Kier molecular flexibility index (Phi) is 7.20. The Morgan fingerprint density at radius 3 is 1.52 bits per heavy atom. The lowest BCUT2D eigenvalue weighted by Crippen LogP contribution is -2.17. The predicted octanol–water partition coefficient (Wildman–Crippen LogP) is 7.00. The number of ether oxygens (including phenoxy) is 1. The molecule has 0 fully saturated rings. The number of alkyl halides is 1. The summed E-state index contributed by atoms with van der Waals surface area (Å²) in [5.74, 6) is 0.243. The predicted molar refractivity (Wildman–Crippen MR) is 121 cm³/mol. The monoisotopic (exact) mass is 569 g/mol. The molecule has 3 aromatic rings. The van der Waals surface area contributed by atoms with Gasteiger partial charge < -0.3 is 4.74 Å². The number of hydrogen-bond acceptors (Lipinski definition) is 2.